The van der Waals surface area contributed by atoms with Crippen molar-refractivity contribution < 1.29 is 9.53 Å². The van der Waals surface area contributed by atoms with Crippen LogP contribution in [0, 0.1) is 19.3 Å². The van der Waals surface area contributed by atoms with Crippen LogP contribution in [0.15, 0.2) is 36.4 Å². The highest BCUT2D eigenvalue weighted by Gasteiger charge is 2.73. The average Bonchev–Trinajstić information content (AvgIpc) is 3.03. The van der Waals surface area contributed by atoms with Gasteiger partial charge in [-0.1, -0.05) is 32.9 Å². The molecule has 1 saturated carbocycles. The summed E-state index contributed by atoms with van der Waals surface area (Å²) < 4.78 is 5.47. The Morgan fingerprint density at radius 3 is 2.23 bits per heavy atom. The first-order valence-electron chi connectivity index (χ1n) is 10.9. The van der Waals surface area contributed by atoms with Gasteiger partial charge in [0.05, 0.1) is 40.6 Å². The number of hydrogen-bond donors (Lipinski definition) is 1. The predicted molar refractivity (Wildman–Crippen MR) is 123 cm³/mol. The maximum Gasteiger partial charge on any atom is 0.237 e. The van der Waals surface area contributed by atoms with Crippen LogP contribution in [0.4, 0.5) is 5.69 Å². The van der Waals surface area contributed by atoms with E-state index in [0.29, 0.717) is 11.4 Å². The molecule has 1 amide bonds. The summed E-state index contributed by atoms with van der Waals surface area (Å²) in [7, 11) is 1.62. The Morgan fingerprint density at radius 1 is 0.968 bits per heavy atom. The number of anilines is 1. The van der Waals surface area contributed by atoms with Crippen LogP contribution < -0.4 is 10.1 Å². The minimum atomic E-state index is -0.738. The number of amides is 1. The molecule has 160 valence electrons. The summed E-state index contributed by atoms with van der Waals surface area (Å²) in [5, 5.41) is 3.17. The number of nitrogens with one attached hydrogen (secondary N) is 1. The first-order valence-corrected chi connectivity index (χ1v) is 10.9. The Kier molecular flexibility index (Phi) is 4.05. The molecule has 3 aromatic rings. The van der Waals surface area contributed by atoms with Gasteiger partial charge in [0.15, 0.2) is 0 Å². The second-order valence-electron chi connectivity index (χ2n) is 9.86. The molecule has 1 aromatic heterocycles. The van der Waals surface area contributed by atoms with E-state index in [9.17, 15) is 4.79 Å². The zero-order chi connectivity index (χ0) is 22.2. The Labute approximate surface area is 183 Å². The van der Waals surface area contributed by atoms with Crippen LogP contribution in [-0.4, -0.2) is 23.0 Å². The van der Waals surface area contributed by atoms with Gasteiger partial charge in [0, 0.05) is 5.41 Å². The van der Waals surface area contributed by atoms with Gasteiger partial charge < -0.3 is 10.1 Å². The summed E-state index contributed by atoms with van der Waals surface area (Å²) in [4.78, 5) is 24.2. The molecule has 5 nitrogen and oxygen atoms in total. The minimum absolute atomic E-state index is 0.0260. The topological polar surface area (TPSA) is 64.1 Å². The summed E-state index contributed by atoms with van der Waals surface area (Å²) in [6.07, 6.45) is 1.67. The molecule has 1 N–H and O–H groups in total. The highest BCUT2D eigenvalue weighted by molar-refractivity contribution is 6.02. The van der Waals surface area contributed by atoms with E-state index < -0.39 is 5.41 Å². The first-order chi connectivity index (χ1) is 14.7. The Hall–Kier alpha value is -2.95. The van der Waals surface area contributed by atoms with Crippen LogP contribution in [0.25, 0.3) is 11.0 Å². The van der Waals surface area contributed by atoms with Crippen LogP contribution >= 0.6 is 0 Å². The molecule has 5 rings (SSSR count). The monoisotopic (exact) mass is 415 g/mol. The lowest BCUT2D eigenvalue weighted by Crippen LogP contribution is -2.48. The third-order valence-corrected chi connectivity index (χ3v) is 8.40. The number of benzene rings is 2. The molecule has 0 aliphatic heterocycles. The Balaban J connectivity index is 1.71. The number of methoxy groups -OCH3 is 1. The van der Waals surface area contributed by atoms with Gasteiger partial charge in [0.2, 0.25) is 5.91 Å². The molecule has 5 heteroatoms. The number of aromatic nitrogens is 2. The van der Waals surface area contributed by atoms with Gasteiger partial charge in [-0.25, -0.2) is 9.97 Å². The molecular weight excluding hydrogens is 386 g/mol. The molecule has 0 radical (unpaired) electrons. The molecule has 0 spiro atoms. The first kappa shape index (κ1) is 20.0. The fourth-order valence-corrected chi connectivity index (χ4v) is 5.84. The number of rotatable bonds is 3. The van der Waals surface area contributed by atoms with E-state index in [-0.39, 0.29) is 16.7 Å². The van der Waals surface area contributed by atoms with Crippen molar-refractivity contribution in [3.05, 3.63) is 58.9 Å². The van der Waals surface area contributed by atoms with Gasteiger partial charge in [0.1, 0.15) is 5.75 Å². The fourth-order valence-electron chi connectivity index (χ4n) is 5.84. The Bertz CT molecular complexity index is 1250. The summed E-state index contributed by atoms with van der Waals surface area (Å²) in [5.74, 6) is 0.627. The van der Waals surface area contributed by atoms with E-state index in [1.165, 1.54) is 11.1 Å². The second-order valence-corrected chi connectivity index (χ2v) is 9.86. The van der Waals surface area contributed by atoms with Crippen LogP contribution in [0.1, 0.15) is 56.1 Å². The van der Waals surface area contributed by atoms with Gasteiger partial charge in [-0.3, -0.25) is 4.79 Å². The van der Waals surface area contributed by atoms with Crippen molar-refractivity contribution in [2.75, 3.05) is 12.4 Å². The third-order valence-electron chi connectivity index (χ3n) is 8.40. The lowest BCUT2D eigenvalue weighted by Gasteiger charge is -2.39. The summed E-state index contributed by atoms with van der Waals surface area (Å²) in [6, 6.07) is 11.7. The summed E-state index contributed by atoms with van der Waals surface area (Å²) >= 11 is 0. The maximum atomic E-state index is 14.0. The molecule has 2 aliphatic carbocycles. The number of carbonyl (C=O) groups excluding carboxylic acids is 1. The molecule has 0 saturated heterocycles. The van der Waals surface area contributed by atoms with Crippen molar-refractivity contribution >= 4 is 22.6 Å². The van der Waals surface area contributed by atoms with Gasteiger partial charge >= 0.3 is 0 Å². The lowest BCUT2D eigenvalue weighted by atomic mass is 9.63. The van der Waals surface area contributed by atoms with E-state index in [1.54, 1.807) is 7.11 Å². The van der Waals surface area contributed by atoms with E-state index in [0.717, 1.165) is 35.3 Å². The standard InChI is InChI=1S/C26H29N3O2/c1-15-13-18-19(14-16(15)2)28-22-21(27-18)25(5)11-12-26(22,24(25,3)4)23(30)29-17-9-7-8-10-20(17)31-6/h7-10,13-14H,11-12H2,1-6H3,(H,29,30). The number of nitrogens with zero attached hydrogens (tertiary/aromatic N) is 2. The molecule has 1 fully saturated rings. The van der Waals surface area contributed by atoms with Crippen LogP contribution in [0.2, 0.25) is 0 Å². The van der Waals surface area contributed by atoms with Gasteiger partial charge in [-0.05, 0) is 67.5 Å². The SMILES string of the molecule is COc1ccccc1NC(=O)C12CCC(C)(c3nc4cc(C)c(C)cc4nc31)C2(C)C. The molecule has 1 heterocycles. The summed E-state index contributed by atoms with van der Waals surface area (Å²) in [5.41, 5.74) is 5.39. The number of para-hydroxylation sites is 2. The van der Waals surface area contributed by atoms with Crippen LogP contribution in [-0.2, 0) is 15.6 Å². The fraction of sp³-hybridized carbons (Fsp3) is 0.423. The van der Waals surface area contributed by atoms with Gasteiger partial charge in [0.25, 0.3) is 0 Å². The molecule has 2 aromatic carbocycles. The lowest BCUT2D eigenvalue weighted by molar-refractivity contribution is -0.125. The highest BCUT2D eigenvalue weighted by atomic mass is 16.5. The summed E-state index contributed by atoms with van der Waals surface area (Å²) in [6.45, 7) is 10.8. The van der Waals surface area contributed by atoms with Crippen LogP contribution in [0.3, 0.4) is 0 Å². The quantitative estimate of drug-likeness (QED) is 0.637. The molecule has 2 bridgehead atoms. The largest absolute Gasteiger partial charge is 0.495 e. The average molecular weight is 416 g/mol. The van der Waals surface area contributed by atoms with Gasteiger partial charge in [-0.2, -0.15) is 0 Å². The smallest absolute Gasteiger partial charge is 0.237 e. The van der Waals surface area contributed by atoms with E-state index in [2.05, 4.69) is 52.1 Å². The number of aryl methyl sites for hydroxylation is 2. The third kappa shape index (κ3) is 2.35. The molecule has 31 heavy (non-hydrogen) atoms. The van der Waals surface area contributed by atoms with Crippen molar-refractivity contribution in [1.29, 1.82) is 0 Å². The minimum Gasteiger partial charge on any atom is -0.495 e. The maximum absolute atomic E-state index is 14.0. The van der Waals surface area contributed by atoms with E-state index >= 15 is 0 Å². The number of carbonyl (C=O) groups is 1. The normalized spacial score (nSPS) is 25.5. The molecule has 2 atom stereocenters. The van der Waals surface area contributed by atoms with Crippen molar-refractivity contribution in [1.82, 2.24) is 9.97 Å². The highest BCUT2D eigenvalue weighted by Crippen LogP contribution is 2.70. The molecule has 2 aliphatic rings. The van der Waals surface area contributed by atoms with Crippen molar-refractivity contribution in [3.8, 4) is 5.75 Å². The van der Waals surface area contributed by atoms with Crippen LogP contribution in [0.5, 0.6) is 5.75 Å². The zero-order valence-corrected chi connectivity index (χ0v) is 19.1. The molecular formula is C26H29N3O2. The van der Waals surface area contributed by atoms with Crippen molar-refractivity contribution in [3.63, 3.8) is 0 Å². The Morgan fingerprint density at radius 2 is 1.58 bits per heavy atom. The van der Waals surface area contributed by atoms with E-state index in [1.807, 2.05) is 24.3 Å². The van der Waals surface area contributed by atoms with E-state index in [4.69, 9.17) is 14.7 Å². The second kappa shape index (κ2) is 6.28. The number of fused-ring (bicyclic) bond motifs is 6. The number of ether oxygens (including phenoxy) is 1. The van der Waals surface area contributed by atoms with Gasteiger partial charge in [-0.15, -0.1) is 0 Å². The number of hydrogen-bond acceptors (Lipinski definition) is 4. The zero-order valence-electron chi connectivity index (χ0n) is 19.1. The van der Waals surface area contributed by atoms with Crippen molar-refractivity contribution in [2.24, 2.45) is 5.41 Å². The molecule has 2 unspecified atom stereocenters. The predicted octanol–water partition coefficient (Wildman–Crippen LogP) is 5.22. The van der Waals surface area contributed by atoms with Crippen molar-refractivity contribution in [2.45, 2.75) is 58.3 Å².